The Hall–Kier alpha value is -1.44. The number of hydrogen-bond acceptors (Lipinski definition) is 5. The normalized spacial score (nSPS) is 16.2. The van der Waals surface area contributed by atoms with E-state index in [9.17, 15) is 9.90 Å². The Labute approximate surface area is 131 Å². The van der Waals surface area contributed by atoms with Gasteiger partial charge in [0.15, 0.2) is 0 Å². The van der Waals surface area contributed by atoms with Crippen LogP contribution in [0.5, 0.6) is 0 Å². The summed E-state index contributed by atoms with van der Waals surface area (Å²) in [5.74, 6) is -0.00320. The highest BCUT2D eigenvalue weighted by molar-refractivity contribution is 5.77. The van der Waals surface area contributed by atoms with Crippen molar-refractivity contribution >= 4 is 5.91 Å². The lowest BCUT2D eigenvalue weighted by Crippen LogP contribution is -2.40. The Morgan fingerprint density at radius 3 is 2.82 bits per heavy atom. The zero-order valence-electron chi connectivity index (χ0n) is 13.8. The number of aliphatic hydroxyl groups excluding tert-OH is 1. The van der Waals surface area contributed by atoms with Gasteiger partial charge in [-0.3, -0.25) is 9.48 Å². The highest BCUT2D eigenvalue weighted by Crippen LogP contribution is 2.18. The SMILES string of the molecule is CC(C)OCC(=O)N1CCn2nc([C@@H](O)CN(C)C)cc2C1. The molecule has 1 atom stereocenters. The van der Waals surface area contributed by atoms with Crippen LogP contribution in [-0.2, 0) is 22.6 Å². The molecule has 0 radical (unpaired) electrons. The van der Waals surface area contributed by atoms with Gasteiger partial charge in [0.1, 0.15) is 12.7 Å². The van der Waals surface area contributed by atoms with Crippen molar-refractivity contribution in [1.82, 2.24) is 19.6 Å². The average molecular weight is 310 g/mol. The Kier molecular flexibility index (Phi) is 5.55. The average Bonchev–Trinajstić information content (AvgIpc) is 2.86. The highest BCUT2D eigenvalue weighted by atomic mass is 16.5. The summed E-state index contributed by atoms with van der Waals surface area (Å²) in [6, 6.07) is 1.89. The van der Waals surface area contributed by atoms with E-state index in [2.05, 4.69) is 5.10 Å². The molecule has 22 heavy (non-hydrogen) atoms. The number of nitrogens with zero attached hydrogens (tertiary/aromatic N) is 4. The van der Waals surface area contributed by atoms with Crippen LogP contribution in [0.25, 0.3) is 0 Å². The minimum absolute atomic E-state index is 0.00320. The largest absolute Gasteiger partial charge is 0.385 e. The van der Waals surface area contributed by atoms with Gasteiger partial charge in [-0.2, -0.15) is 5.10 Å². The van der Waals surface area contributed by atoms with Gasteiger partial charge in [0.25, 0.3) is 0 Å². The van der Waals surface area contributed by atoms with Crippen LogP contribution in [-0.4, -0.2) is 70.5 Å². The molecule has 0 saturated heterocycles. The van der Waals surface area contributed by atoms with E-state index in [1.165, 1.54) is 0 Å². The fraction of sp³-hybridized carbons (Fsp3) is 0.733. The Bertz CT molecular complexity index is 513. The number of carbonyl (C=O) groups is 1. The predicted molar refractivity (Wildman–Crippen MR) is 82.2 cm³/mol. The van der Waals surface area contributed by atoms with Gasteiger partial charge in [-0.15, -0.1) is 0 Å². The van der Waals surface area contributed by atoms with Crippen molar-refractivity contribution < 1.29 is 14.6 Å². The van der Waals surface area contributed by atoms with Crippen molar-refractivity contribution in [2.75, 3.05) is 33.8 Å². The number of hydrogen-bond donors (Lipinski definition) is 1. The van der Waals surface area contributed by atoms with Gasteiger partial charge in [0, 0.05) is 13.1 Å². The smallest absolute Gasteiger partial charge is 0.248 e. The summed E-state index contributed by atoms with van der Waals surface area (Å²) in [5, 5.41) is 14.6. The van der Waals surface area contributed by atoms with Crippen molar-refractivity contribution in [3.05, 3.63) is 17.5 Å². The number of likely N-dealkylation sites (N-methyl/N-ethyl adjacent to an activating group) is 1. The summed E-state index contributed by atoms with van der Waals surface area (Å²) in [5.41, 5.74) is 1.62. The monoisotopic (exact) mass is 310 g/mol. The summed E-state index contributed by atoms with van der Waals surface area (Å²) >= 11 is 0. The molecular weight excluding hydrogens is 284 g/mol. The maximum absolute atomic E-state index is 12.1. The van der Waals surface area contributed by atoms with Crippen LogP contribution in [0.3, 0.4) is 0 Å². The number of carbonyl (C=O) groups excluding carboxylic acids is 1. The minimum Gasteiger partial charge on any atom is -0.385 e. The molecule has 0 fully saturated rings. The lowest BCUT2D eigenvalue weighted by atomic mass is 10.2. The molecule has 1 aliphatic heterocycles. The molecule has 2 rings (SSSR count). The Morgan fingerprint density at radius 1 is 1.45 bits per heavy atom. The van der Waals surface area contributed by atoms with Crippen LogP contribution in [0, 0.1) is 0 Å². The lowest BCUT2D eigenvalue weighted by Gasteiger charge is -2.27. The standard InChI is InChI=1S/C15H26N4O3/c1-11(2)22-10-15(21)18-5-6-19-12(8-18)7-13(16-19)14(20)9-17(3)4/h7,11,14,20H,5-6,8-10H2,1-4H3/t14-/m0/s1. The van der Waals surface area contributed by atoms with Crippen molar-refractivity contribution in [1.29, 1.82) is 0 Å². The fourth-order valence-electron chi connectivity index (χ4n) is 2.43. The van der Waals surface area contributed by atoms with E-state index in [0.29, 0.717) is 31.9 Å². The molecule has 1 N–H and O–H groups in total. The number of aromatic nitrogens is 2. The fourth-order valence-corrected chi connectivity index (χ4v) is 2.43. The quantitative estimate of drug-likeness (QED) is 0.815. The maximum atomic E-state index is 12.1. The van der Waals surface area contributed by atoms with E-state index >= 15 is 0 Å². The molecule has 2 heterocycles. The number of aliphatic hydroxyl groups is 1. The van der Waals surface area contributed by atoms with Gasteiger partial charge in [0.05, 0.1) is 30.6 Å². The van der Waals surface area contributed by atoms with Gasteiger partial charge in [-0.25, -0.2) is 0 Å². The molecule has 1 aromatic heterocycles. The number of fused-ring (bicyclic) bond motifs is 1. The summed E-state index contributed by atoms with van der Waals surface area (Å²) in [6.45, 7) is 6.26. The topological polar surface area (TPSA) is 70.8 Å². The van der Waals surface area contributed by atoms with E-state index in [-0.39, 0.29) is 18.6 Å². The van der Waals surface area contributed by atoms with Crippen LogP contribution in [0.1, 0.15) is 31.3 Å². The molecule has 1 aliphatic rings. The van der Waals surface area contributed by atoms with Crippen molar-refractivity contribution in [3.63, 3.8) is 0 Å². The third kappa shape index (κ3) is 4.28. The molecule has 1 amide bonds. The Morgan fingerprint density at radius 2 is 2.18 bits per heavy atom. The number of ether oxygens (including phenoxy) is 1. The van der Waals surface area contributed by atoms with E-state index in [1.54, 1.807) is 4.90 Å². The second-order valence-corrected chi connectivity index (χ2v) is 6.24. The second kappa shape index (κ2) is 7.21. The lowest BCUT2D eigenvalue weighted by molar-refractivity contribution is -0.139. The van der Waals surface area contributed by atoms with Gasteiger partial charge < -0.3 is 19.6 Å². The first-order valence-electron chi connectivity index (χ1n) is 7.65. The summed E-state index contributed by atoms with van der Waals surface area (Å²) in [6.07, 6.45) is -0.562. The van der Waals surface area contributed by atoms with Crippen molar-refractivity contribution in [2.45, 2.75) is 39.1 Å². The van der Waals surface area contributed by atoms with Crippen molar-refractivity contribution in [3.8, 4) is 0 Å². The van der Waals surface area contributed by atoms with Gasteiger partial charge in [-0.05, 0) is 34.0 Å². The molecule has 7 nitrogen and oxygen atoms in total. The van der Waals surface area contributed by atoms with Gasteiger partial charge >= 0.3 is 0 Å². The first-order chi connectivity index (χ1) is 10.4. The third-order valence-electron chi connectivity index (χ3n) is 3.59. The zero-order chi connectivity index (χ0) is 16.3. The minimum atomic E-state index is -0.610. The summed E-state index contributed by atoms with van der Waals surface area (Å²) < 4.78 is 7.25. The van der Waals surface area contributed by atoms with Gasteiger partial charge in [0.2, 0.25) is 5.91 Å². The highest BCUT2D eigenvalue weighted by Gasteiger charge is 2.24. The molecule has 0 aliphatic carbocycles. The molecule has 7 heteroatoms. The maximum Gasteiger partial charge on any atom is 0.248 e. The Balaban J connectivity index is 1.98. The van der Waals surface area contributed by atoms with E-state index in [1.807, 2.05) is 43.6 Å². The van der Waals surface area contributed by atoms with Crippen LogP contribution in [0.2, 0.25) is 0 Å². The van der Waals surface area contributed by atoms with Crippen molar-refractivity contribution in [2.24, 2.45) is 0 Å². The van der Waals surface area contributed by atoms with Crippen LogP contribution < -0.4 is 0 Å². The van der Waals surface area contributed by atoms with E-state index in [4.69, 9.17) is 4.74 Å². The zero-order valence-corrected chi connectivity index (χ0v) is 13.8. The molecule has 124 valence electrons. The molecule has 0 aromatic carbocycles. The number of rotatable bonds is 6. The summed E-state index contributed by atoms with van der Waals surface area (Å²) in [4.78, 5) is 15.8. The molecule has 0 unspecified atom stereocenters. The number of amides is 1. The van der Waals surface area contributed by atoms with Crippen LogP contribution in [0.4, 0.5) is 0 Å². The van der Waals surface area contributed by atoms with Crippen LogP contribution in [0.15, 0.2) is 6.07 Å². The molecule has 0 bridgehead atoms. The molecule has 1 aromatic rings. The van der Waals surface area contributed by atoms with Gasteiger partial charge in [-0.1, -0.05) is 0 Å². The first-order valence-corrected chi connectivity index (χ1v) is 7.65. The molecular formula is C15H26N4O3. The van der Waals surface area contributed by atoms with E-state index < -0.39 is 6.10 Å². The first kappa shape index (κ1) is 16.9. The third-order valence-corrected chi connectivity index (χ3v) is 3.59. The predicted octanol–water partition coefficient (Wildman–Crippen LogP) is 0.245. The van der Waals surface area contributed by atoms with E-state index in [0.717, 1.165) is 5.69 Å². The second-order valence-electron chi connectivity index (χ2n) is 6.24. The van der Waals surface area contributed by atoms with Crippen LogP contribution >= 0.6 is 0 Å². The summed E-state index contributed by atoms with van der Waals surface area (Å²) in [7, 11) is 3.82. The molecule has 0 spiro atoms. The molecule has 0 saturated carbocycles.